The quantitative estimate of drug-likeness (QED) is 0.790. The highest BCUT2D eigenvalue weighted by Crippen LogP contribution is 2.31. The van der Waals surface area contributed by atoms with E-state index in [2.05, 4.69) is 27.7 Å². The molecule has 4 heteroatoms. The average molecular weight is 268 g/mol. The highest BCUT2D eigenvalue weighted by atomic mass is 16.5. The highest BCUT2D eigenvalue weighted by molar-refractivity contribution is 5.79. The highest BCUT2D eigenvalue weighted by Gasteiger charge is 2.41. The van der Waals surface area contributed by atoms with Gasteiger partial charge in [-0.3, -0.25) is 4.79 Å². The van der Waals surface area contributed by atoms with Crippen molar-refractivity contribution in [1.29, 1.82) is 0 Å². The number of carbonyl (C=O) groups excluding carboxylic acids is 1. The van der Waals surface area contributed by atoms with Crippen molar-refractivity contribution in [2.75, 3.05) is 13.1 Å². The molecule has 2 aliphatic rings. The largest absolute Gasteiger partial charge is 0.366 e. The van der Waals surface area contributed by atoms with E-state index < -0.39 is 0 Å². The van der Waals surface area contributed by atoms with Crippen LogP contribution in [0.2, 0.25) is 0 Å². The summed E-state index contributed by atoms with van der Waals surface area (Å²) < 4.78 is 6.03. The van der Waals surface area contributed by atoms with Crippen LogP contribution >= 0.6 is 0 Å². The van der Waals surface area contributed by atoms with Crippen molar-refractivity contribution in [2.45, 2.75) is 70.6 Å². The molecule has 1 heterocycles. The summed E-state index contributed by atoms with van der Waals surface area (Å²) in [7, 11) is 0. The van der Waals surface area contributed by atoms with Crippen LogP contribution in [0.1, 0.15) is 53.4 Å². The van der Waals surface area contributed by atoms with Gasteiger partial charge in [0.2, 0.25) is 5.91 Å². The Morgan fingerprint density at radius 2 is 1.53 bits per heavy atom. The van der Waals surface area contributed by atoms with Crippen molar-refractivity contribution >= 4 is 5.91 Å². The number of nitrogens with two attached hydrogens (primary N) is 1. The molecule has 2 fully saturated rings. The fourth-order valence-corrected chi connectivity index (χ4v) is 3.57. The van der Waals surface area contributed by atoms with E-state index in [9.17, 15) is 4.79 Å². The van der Waals surface area contributed by atoms with Crippen LogP contribution in [0.15, 0.2) is 0 Å². The van der Waals surface area contributed by atoms with Gasteiger partial charge in [0.25, 0.3) is 0 Å². The SMILES string of the molecule is CC1(C)CN(C(=O)C2CCC(N)CC2)CC(C)(C)O1. The second-order valence-corrected chi connectivity index (χ2v) is 7.43. The van der Waals surface area contributed by atoms with Gasteiger partial charge in [-0.15, -0.1) is 0 Å². The predicted octanol–water partition coefficient (Wildman–Crippen LogP) is 1.92. The fraction of sp³-hybridized carbons (Fsp3) is 0.933. The van der Waals surface area contributed by atoms with Crippen LogP contribution in [-0.2, 0) is 9.53 Å². The van der Waals surface area contributed by atoms with Crippen LogP contribution in [0.5, 0.6) is 0 Å². The summed E-state index contributed by atoms with van der Waals surface area (Å²) in [5.41, 5.74) is 5.39. The number of ether oxygens (including phenoxy) is 1. The first kappa shape index (κ1) is 14.8. The van der Waals surface area contributed by atoms with Gasteiger partial charge < -0.3 is 15.4 Å². The Hall–Kier alpha value is -0.610. The topological polar surface area (TPSA) is 55.6 Å². The third kappa shape index (κ3) is 3.69. The summed E-state index contributed by atoms with van der Waals surface area (Å²) in [4.78, 5) is 14.7. The van der Waals surface area contributed by atoms with E-state index in [1.54, 1.807) is 0 Å². The Bertz CT molecular complexity index is 328. The Labute approximate surface area is 116 Å². The average Bonchev–Trinajstić information content (AvgIpc) is 2.25. The predicted molar refractivity (Wildman–Crippen MR) is 75.8 cm³/mol. The normalized spacial score (nSPS) is 34.1. The Morgan fingerprint density at radius 3 is 2.00 bits per heavy atom. The van der Waals surface area contributed by atoms with Crippen molar-refractivity contribution in [2.24, 2.45) is 11.7 Å². The van der Waals surface area contributed by atoms with Gasteiger partial charge in [0, 0.05) is 25.0 Å². The van der Waals surface area contributed by atoms with E-state index in [4.69, 9.17) is 10.5 Å². The number of hydrogen-bond donors (Lipinski definition) is 1. The van der Waals surface area contributed by atoms with E-state index in [0.717, 1.165) is 25.7 Å². The smallest absolute Gasteiger partial charge is 0.225 e. The molecule has 19 heavy (non-hydrogen) atoms. The van der Waals surface area contributed by atoms with Crippen molar-refractivity contribution in [1.82, 2.24) is 4.90 Å². The molecule has 0 aromatic carbocycles. The number of morpholine rings is 1. The van der Waals surface area contributed by atoms with Crippen LogP contribution in [0.25, 0.3) is 0 Å². The minimum absolute atomic E-state index is 0.171. The van der Waals surface area contributed by atoms with Crippen LogP contribution in [0, 0.1) is 5.92 Å². The van der Waals surface area contributed by atoms with Crippen molar-refractivity contribution in [3.05, 3.63) is 0 Å². The second kappa shape index (κ2) is 5.06. The zero-order valence-electron chi connectivity index (χ0n) is 12.7. The maximum atomic E-state index is 12.7. The van der Waals surface area contributed by atoms with Gasteiger partial charge in [-0.05, 0) is 53.4 Å². The number of hydrogen-bond acceptors (Lipinski definition) is 3. The monoisotopic (exact) mass is 268 g/mol. The molecule has 0 bridgehead atoms. The molecule has 110 valence electrons. The lowest BCUT2D eigenvalue weighted by atomic mass is 9.85. The first-order chi connectivity index (χ1) is 8.69. The summed E-state index contributed by atoms with van der Waals surface area (Å²) in [6.07, 6.45) is 3.84. The summed E-state index contributed by atoms with van der Waals surface area (Å²) in [6.45, 7) is 9.63. The molecule has 0 unspecified atom stereocenters. The third-order valence-corrected chi connectivity index (χ3v) is 4.13. The first-order valence-corrected chi connectivity index (χ1v) is 7.43. The third-order valence-electron chi connectivity index (χ3n) is 4.13. The van der Waals surface area contributed by atoms with Gasteiger partial charge in [0.1, 0.15) is 0 Å². The lowest BCUT2D eigenvalue weighted by Gasteiger charge is -2.48. The van der Waals surface area contributed by atoms with Crippen LogP contribution in [-0.4, -0.2) is 41.1 Å². The van der Waals surface area contributed by atoms with Crippen molar-refractivity contribution in [3.63, 3.8) is 0 Å². The number of carbonyl (C=O) groups is 1. The molecule has 1 saturated heterocycles. The van der Waals surface area contributed by atoms with E-state index in [0.29, 0.717) is 25.0 Å². The van der Waals surface area contributed by atoms with Gasteiger partial charge >= 0.3 is 0 Å². The van der Waals surface area contributed by atoms with E-state index in [1.807, 2.05) is 4.90 Å². The lowest BCUT2D eigenvalue weighted by Crippen LogP contribution is -2.59. The maximum absolute atomic E-state index is 12.7. The van der Waals surface area contributed by atoms with Crippen LogP contribution < -0.4 is 5.73 Å². The van der Waals surface area contributed by atoms with Crippen LogP contribution in [0.3, 0.4) is 0 Å². The molecule has 1 saturated carbocycles. The molecular formula is C15H28N2O2. The molecule has 1 amide bonds. The molecule has 0 aromatic heterocycles. The molecule has 2 N–H and O–H groups in total. The molecule has 1 aliphatic carbocycles. The second-order valence-electron chi connectivity index (χ2n) is 7.43. The molecule has 0 atom stereocenters. The van der Waals surface area contributed by atoms with Gasteiger partial charge in [-0.25, -0.2) is 0 Å². The Kier molecular flexibility index (Phi) is 3.94. The fourth-order valence-electron chi connectivity index (χ4n) is 3.57. The minimum atomic E-state index is -0.261. The number of nitrogens with zero attached hydrogens (tertiary/aromatic N) is 1. The van der Waals surface area contributed by atoms with E-state index >= 15 is 0 Å². The summed E-state index contributed by atoms with van der Waals surface area (Å²) >= 11 is 0. The van der Waals surface area contributed by atoms with Gasteiger partial charge in [0.15, 0.2) is 0 Å². The van der Waals surface area contributed by atoms with E-state index in [-0.39, 0.29) is 17.1 Å². The minimum Gasteiger partial charge on any atom is -0.366 e. The molecule has 4 nitrogen and oxygen atoms in total. The zero-order valence-corrected chi connectivity index (χ0v) is 12.7. The molecule has 0 aromatic rings. The molecular weight excluding hydrogens is 240 g/mol. The molecule has 2 rings (SSSR count). The standard InChI is InChI=1S/C15H28N2O2/c1-14(2)9-17(10-15(3,4)19-14)13(18)11-5-7-12(16)8-6-11/h11-12H,5-10,16H2,1-4H3. The zero-order chi connectivity index (χ0) is 14.3. The Balaban J connectivity index is 2.02. The summed E-state index contributed by atoms with van der Waals surface area (Å²) in [6, 6.07) is 0.293. The van der Waals surface area contributed by atoms with Crippen molar-refractivity contribution in [3.8, 4) is 0 Å². The van der Waals surface area contributed by atoms with Gasteiger partial charge in [0.05, 0.1) is 11.2 Å². The first-order valence-electron chi connectivity index (χ1n) is 7.43. The van der Waals surface area contributed by atoms with E-state index in [1.165, 1.54) is 0 Å². The van der Waals surface area contributed by atoms with Crippen LogP contribution in [0.4, 0.5) is 0 Å². The molecule has 0 spiro atoms. The Morgan fingerprint density at radius 1 is 1.05 bits per heavy atom. The van der Waals surface area contributed by atoms with Gasteiger partial charge in [-0.2, -0.15) is 0 Å². The maximum Gasteiger partial charge on any atom is 0.225 e. The lowest BCUT2D eigenvalue weighted by molar-refractivity contribution is -0.190. The molecule has 0 radical (unpaired) electrons. The number of rotatable bonds is 1. The summed E-state index contributed by atoms with van der Waals surface area (Å²) in [5.74, 6) is 0.473. The van der Waals surface area contributed by atoms with Crippen molar-refractivity contribution < 1.29 is 9.53 Å². The summed E-state index contributed by atoms with van der Waals surface area (Å²) in [5, 5.41) is 0. The number of amides is 1. The van der Waals surface area contributed by atoms with Gasteiger partial charge in [-0.1, -0.05) is 0 Å². The molecule has 1 aliphatic heterocycles.